The molecule has 1 amide bonds. The molecule has 2 aromatic rings. The number of hydrogen-bond donors (Lipinski definition) is 1. The zero-order valence-electron chi connectivity index (χ0n) is 14.8. The Morgan fingerprint density at radius 2 is 1.92 bits per heavy atom. The molecule has 0 aliphatic heterocycles. The van der Waals surface area contributed by atoms with Crippen molar-refractivity contribution in [3.8, 4) is 11.5 Å². The molecule has 0 aromatic heterocycles. The van der Waals surface area contributed by atoms with Gasteiger partial charge in [-0.2, -0.15) is 0 Å². The molecule has 0 fully saturated rings. The number of thioether (sulfide) groups is 1. The summed E-state index contributed by atoms with van der Waals surface area (Å²) in [7, 11) is 3.21. The minimum absolute atomic E-state index is 0.0579. The van der Waals surface area contributed by atoms with Crippen LogP contribution in [0.5, 0.6) is 11.5 Å². The Labute approximate surface area is 168 Å². The first-order valence-electron chi connectivity index (χ1n) is 7.97. The van der Waals surface area contributed by atoms with E-state index in [4.69, 9.17) is 32.7 Å². The van der Waals surface area contributed by atoms with Crippen LogP contribution in [0.3, 0.4) is 0 Å². The van der Waals surface area contributed by atoms with Gasteiger partial charge in [-0.05, 0) is 42.8 Å². The fourth-order valence-corrected chi connectivity index (χ4v) is 3.83. The van der Waals surface area contributed by atoms with Gasteiger partial charge in [0, 0.05) is 21.4 Å². The molecular weight excluding hydrogens is 393 g/mol. The van der Waals surface area contributed by atoms with Crippen molar-refractivity contribution in [3.05, 3.63) is 57.6 Å². The first kappa shape index (κ1) is 20.7. The molecule has 140 valence electrons. The summed E-state index contributed by atoms with van der Waals surface area (Å²) >= 11 is 13.5. The van der Waals surface area contributed by atoms with Crippen molar-refractivity contribution in [1.29, 1.82) is 0 Å². The van der Waals surface area contributed by atoms with Gasteiger partial charge in [0.2, 0.25) is 5.91 Å². The SMILES string of the molecule is COc1ccc(OC)c(C(C)NC(=O)CSCc2ccc(Cl)cc2Cl)c1. The minimum Gasteiger partial charge on any atom is -0.497 e. The molecule has 0 radical (unpaired) electrons. The summed E-state index contributed by atoms with van der Waals surface area (Å²) in [5, 5.41) is 4.19. The number of hydrogen-bond acceptors (Lipinski definition) is 4. The second-order valence-electron chi connectivity index (χ2n) is 5.63. The zero-order valence-corrected chi connectivity index (χ0v) is 17.2. The van der Waals surface area contributed by atoms with Crippen LogP contribution in [0.15, 0.2) is 36.4 Å². The molecule has 0 spiro atoms. The summed E-state index contributed by atoms with van der Waals surface area (Å²) in [5.41, 5.74) is 1.82. The summed E-state index contributed by atoms with van der Waals surface area (Å²) in [5.74, 6) is 2.33. The molecule has 26 heavy (non-hydrogen) atoms. The number of methoxy groups -OCH3 is 2. The number of halogens is 2. The Bertz CT molecular complexity index is 770. The van der Waals surface area contributed by atoms with Crippen molar-refractivity contribution in [3.63, 3.8) is 0 Å². The first-order valence-corrected chi connectivity index (χ1v) is 9.88. The second kappa shape index (κ2) is 9.95. The number of amides is 1. The van der Waals surface area contributed by atoms with Crippen molar-refractivity contribution in [2.24, 2.45) is 0 Å². The predicted octanol–water partition coefficient (Wildman–Crippen LogP) is 5.12. The molecule has 1 unspecified atom stereocenters. The van der Waals surface area contributed by atoms with Crippen molar-refractivity contribution >= 4 is 40.9 Å². The van der Waals surface area contributed by atoms with Gasteiger partial charge in [0.25, 0.3) is 0 Å². The first-order chi connectivity index (χ1) is 12.4. The highest BCUT2D eigenvalue weighted by molar-refractivity contribution is 7.99. The summed E-state index contributed by atoms with van der Waals surface area (Å²) in [6.45, 7) is 1.91. The number of benzene rings is 2. The topological polar surface area (TPSA) is 47.6 Å². The lowest BCUT2D eigenvalue weighted by atomic mass is 10.1. The Kier molecular flexibility index (Phi) is 7.94. The van der Waals surface area contributed by atoms with Gasteiger partial charge in [-0.1, -0.05) is 29.3 Å². The normalized spacial score (nSPS) is 11.7. The van der Waals surface area contributed by atoms with Crippen LogP contribution in [-0.4, -0.2) is 25.9 Å². The Morgan fingerprint density at radius 1 is 1.15 bits per heavy atom. The van der Waals surface area contributed by atoms with Gasteiger partial charge in [-0.15, -0.1) is 11.8 Å². The smallest absolute Gasteiger partial charge is 0.230 e. The maximum Gasteiger partial charge on any atom is 0.230 e. The van der Waals surface area contributed by atoms with Gasteiger partial charge >= 0.3 is 0 Å². The minimum atomic E-state index is -0.202. The van der Waals surface area contributed by atoms with Crippen LogP contribution in [0.1, 0.15) is 24.1 Å². The summed E-state index contributed by atoms with van der Waals surface area (Å²) in [6, 6.07) is 10.7. The summed E-state index contributed by atoms with van der Waals surface area (Å²) < 4.78 is 10.6. The molecule has 0 heterocycles. The molecule has 0 aliphatic rings. The predicted molar refractivity (Wildman–Crippen MR) is 109 cm³/mol. The Hall–Kier alpha value is -1.56. The van der Waals surface area contributed by atoms with Crippen molar-refractivity contribution in [2.75, 3.05) is 20.0 Å². The van der Waals surface area contributed by atoms with Crippen molar-refractivity contribution < 1.29 is 14.3 Å². The van der Waals surface area contributed by atoms with E-state index in [0.29, 0.717) is 33.0 Å². The molecular formula is C19H21Cl2NO3S. The summed E-state index contributed by atoms with van der Waals surface area (Å²) in [6.07, 6.45) is 0. The molecule has 1 atom stereocenters. The van der Waals surface area contributed by atoms with Gasteiger partial charge in [-0.25, -0.2) is 0 Å². The fourth-order valence-electron chi connectivity index (χ4n) is 2.43. The standard InChI is InChI=1S/C19H21Cl2NO3S/c1-12(16-9-15(24-2)6-7-18(16)25-3)22-19(23)11-26-10-13-4-5-14(20)8-17(13)21/h4-9,12H,10-11H2,1-3H3,(H,22,23). The van der Waals surface area contributed by atoms with E-state index in [1.54, 1.807) is 26.4 Å². The van der Waals surface area contributed by atoms with E-state index in [2.05, 4.69) is 5.32 Å². The van der Waals surface area contributed by atoms with E-state index < -0.39 is 0 Å². The molecule has 0 aliphatic carbocycles. The van der Waals surface area contributed by atoms with Gasteiger partial charge in [0.05, 0.1) is 26.0 Å². The highest BCUT2D eigenvalue weighted by atomic mass is 35.5. The maximum atomic E-state index is 12.3. The van der Waals surface area contributed by atoms with E-state index in [9.17, 15) is 4.79 Å². The maximum absolute atomic E-state index is 12.3. The van der Waals surface area contributed by atoms with Crippen molar-refractivity contribution in [1.82, 2.24) is 5.32 Å². The van der Waals surface area contributed by atoms with E-state index in [-0.39, 0.29) is 11.9 Å². The van der Waals surface area contributed by atoms with Gasteiger partial charge in [0.1, 0.15) is 11.5 Å². The molecule has 0 saturated heterocycles. The molecule has 0 bridgehead atoms. The van der Waals surface area contributed by atoms with E-state index >= 15 is 0 Å². The number of carbonyl (C=O) groups excluding carboxylic acids is 1. The highest BCUT2D eigenvalue weighted by Crippen LogP contribution is 2.29. The average Bonchev–Trinajstić information content (AvgIpc) is 2.62. The van der Waals surface area contributed by atoms with Crippen LogP contribution < -0.4 is 14.8 Å². The quantitative estimate of drug-likeness (QED) is 0.651. The lowest BCUT2D eigenvalue weighted by Gasteiger charge is -2.18. The van der Waals surface area contributed by atoms with Crippen LogP contribution in [-0.2, 0) is 10.5 Å². The van der Waals surface area contributed by atoms with Crippen LogP contribution in [0.4, 0.5) is 0 Å². The van der Waals surface area contributed by atoms with Gasteiger partial charge in [-0.3, -0.25) is 4.79 Å². The van der Waals surface area contributed by atoms with Crippen LogP contribution in [0, 0.1) is 0 Å². The monoisotopic (exact) mass is 413 g/mol. The van der Waals surface area contributed by atoms with Crippen LogP contribution in [0.25, 0.3) is 0 Å². The molecule has 2 rings (SSSR count). The van der Waals surface area contributed by atoms with Gasteiger partial charge in [0.15, 0.2) is 0 Å². The lowest BCUT2D eigenvalue weighted by Crippen LogP contribution is -2.28. The molecule has 2 aromatic carbocycles. The molecule has 4 nitrogen and oxygen atoms in total. The third-order valence-corrected chi connectivity index (χ3v) is 5.36. The van der Waals surface area contributed by atoms with Gasteiger partial charge < -0.3 is 14.8 Å². The molecule has 7 heteroatoms. The molecule has 1 N–H and O–H groups in total. The van der Waals surface area contributed by atoms with Crippen molar-refractivity contribution in [2.45, 2.75) is 18.7 Å². The Balaban J connectivity index is 1.91. The largest absolute Gasteiger partial charge is 0.497 e. The van der Waals surface area contributed by atoms with Crippen LogP contribution >= 0.6 is 35.0 Å². The number of ether oxygens (including phenoxy) is 2. The van der Waals surface area contributed by atoms with E-state index in [0.717, 1.165) is 11.1 Å². The average molecular weight is 414 g/mol. The zero-order chi connectivity index (χ0) is 19.1. The highest BCUT2D eigenvalue weighted by Gasteiger charge is 2.15. The van der Waals surface area contributed by atoms with E-state index in [1.165, 1.54) is 11.8 Å². The second-order valence-corrected chi connectivity index (χ2v) is 7.45. The number of carbonyl (C=O) groups is 1. The third-order valence-electron chi connectivity index (χ3n) is 3.79. The number of nitrogens with one attached hydrogen (secondary N) is 1. The number of rotatable bonds is 8. The molecule has 0 saturated carbocycles. The Morgan fingerprint density at radius 3 is 2.58 bits per heavy atom. The van der Waals surface area contributed by atoms with E-state index in [1.807, 2.05) is 31.2 Å². The summed E-state index contributed by atoms with van der Waals surface area (Å²) in [4.78, 5) is 12.3. The van der Waals surface area contributed by atoms with Crippen LogP contribution in [0.2, 0.25) is 10.0 Å². The lowest BCUT2D eigenvalue weighted by molar-refractivity contribution is -0.119. The fraction of sp³-hybridized carbons (Fsp3) is 0.316. The third kappa shape index (κ3) is 5.73.